The summed E-state index contributed by atoms with van der Waals surface area (Å²) in [6.45, 7) is 4.84. The smallest absolute Gasteiger partial charge is 0.234 e. The molecule has 2 heterocycles. The molecule has 146 valence electrons. The lowest BCUT2D eigenvalue weighted by molar-refractivity contribution is -0.113. The summed E-state index contributed by atoms with van der Waals surface area (Å²) in [4.78, 5) is 16.2. The lowest BCUT2D eigenvalue weighted by Gasteiger charge is -2.12. The molecule has 0 radical (unpaired) electrons. The predicted molar refractivity (Wildman–Crippen MR) is 104 cm³/mol. The van der Waals surface area contributed by atoms with Gasteiger partial charge in [0, 0.05) is 30.6 Å². The van der Waals surface area contributed by atoms with Crippen molar-refractivity contribution in [1.82, 2.24) is 19.7 Å². The van der Waals surface area contributed by atoms with Gasteiger partial charge in [-0.3, -0.25) is 9.78 Å². The first kappa shape index (κ1) is 19.9. The minimum Gasteiger partial charge on any atom is -0.323 e. The van der Waals surface area contributed by atoms with Crippen molar-refractivity contribution in [1.29, 1.82) is 0 Å². The zero-order chi connectivity index (χ0) is 20.1. The van der Waals surface area contributed by atoms with Crippen molar-refractivity contribution in [2.45, 2.75) is 25.5 Å². The highest BCUT2D eigenvalue weighted by atomic mass is 32.2. The number of carbonyl (C=O) groups is 1. The molecule has 0 aliphatic carbocycles. The van der Waals surface area contributed by atoms with Gasteiger partial charge in [-0.2, -0.15) is 0 Å². The molecule has 0 aliphatic heterocycles. The molecule has 0 atom stereocenters. The Morgan fingerprint density at radius 1 is 1.18 bits per heavy atom. The van der Waals surface area contributed by atoms with Crippen LogP contribution in [0.5, 0.6) is 0 Å². The molecule has 2 aromatic heterocycles. The van der Waals surface area contributed by atoms with Crippen molar-refractivity contribution in [2.75, 3.05) is 11.1 Å². The third-order valence-corrected chi connectivity index (χ3v) is 4.71. The van der Waals surface area contributed by atoms with Crippen molar-refractivity contribution < 1.29 is 13.6 Å². The number of thioether (sulfide) groups is 1. The Labute approximate surface area is 165 Å². The molecular weight excluding hydrogens is 384 g/mol. The number of nitrogens with zero attached hydrogens (tertiary/aromatic N) is 4. The second kappa shape index (κ2) is 8.92. The van der Waals surface area contributed by atoms with Crippen molar-refractivity contribution >= 4 is 23.4 Å². The maximum atomic E-state index is 13.7. The van der Waals surface area contributed by atoms with E-state index in [4.69, 9.17) is 0 Å². The number of nitrogens with one attached hydrogen (secondary N) is 1. The summed E-state index contributed by atoms with van der Waals surface area (Å²) in [5, 5.41) is 11.5. The molecule has 1 aromatic carbocycles. The van der Waals surface area contributed by atoms with Crippen LogP contribution in [0, 0.1) is 17.6 Å². The van der Waals surface area contributed by atoms with Crippen molar-refractivity contribution in [2.24, 2.45) is 5.92 Å². The Morgan fingerprint density at radius 3 is 2.61 bits per heavy atom. The van der Waals surface area contributed by atoms with Gasteiger partial charge in [0.25, 0.3) is 0 Å². The monoisotopic (exact) mass is 403 g/mol. The molecule has 3 aromatic rings. The Hall–Kier alpha value is -2.81. The molecule has 3 rings (SSSR count). The van der Waals surface area contributed by atoms with Gasteiger partial charge in [0.05, 0.1) is 11.4 Å². The normalized spacial score (nSPS) is 11.0. The summed E-state index contributed by atoms with van der Waals surface area (Å²) in [5.74, 6) is -0.873. The van der Waals surface area contributed by atoms with E-state index in [0.29, 0.717) is 23.4 Å². The number of aromatic nitrogens is 4. The average Bonchev–Trinajstić information content (AvgIpc) is 3.05. The molecule has 28 heavy (non-hydrogen) atoms. The third kappa shape index (κ3) is 4.92. The fraction of sp³-hybridized carbons (Fsp3) is 0.263. The predicted octanol–water partition coefficient (Wildman–Crippen LogP) is 4.01. The lowest BCUT2D eigenvalue weighted by atomic mass is 10.2. The van der Waals surface area contributed by atoms with Crippen molar-refractivity contribution in [3.63, 3.8) is 0 Å². The summed E-state index contributed by atoms with van der Waals surface area (Å²) < 4.78 is 28.6. The van der Waals surface area contributed by atoms with Gasteiger partial charge in [0.2, 0.25) is 5.91 Å². The SMILES string of the molecule is CC(C)Cn1c(SCC(=O)Nc2ccc(F)cc2F)nnc1-c1ccncc1. The Balaban J connectivity index is 1.73. The van der Waals surface area contributed by atoms with Gasteiger partial charge in [0.15, 0.2) is 11.0 Å². The van der Waals surface area contributed by atoms with Crippen LogP contribution in [0.1, 0.15) is 13.8 Å². The highest BCUT2D eigenvalue weighted by Crippen LogP contribution is 2.25. The molecule has 6 nitrogen and oxygen atoms in total. The minimum absolute atomic E-state index is 0.0173. The summed E-state index contributed by atoms with van der Waals surface area (Å²) >= 11 is 1.21. The second-order valence-electron chi connectivity index (χ2n) is 6.51. The number of amides is 1. The maximum Gasteiger partial charge on any atom is 0.234 e. The number of rotatable bonds is 7. The summed E-state index contributed by atoms with van der Waals surface area (Å²) in [6, 6.07) is 6.70. The quantitative estimate of drug-likeness (QED) is 0.604. The average molecular weight is 403 g/mol. The standard InChI is InChI=1S/C19H19F2N5OS/c1-12(2)10-26-18(13-5-7-22-8-6-13)24-25-19(26)28-11-17(27)23-16-4-3-14(20)9-15(16)21/h3-9,12H,10-11H2,1-2H3,(H,23,27). The first-order valence-corrected chi connectivity index (χ1v) is 9.64. The number of benzene rings is 1. The Kier molecular flexibility index (Phi) is 6.35. The summed E-state index contributed by atoms with van der Waals surface area (Å²) in [7, 11) is 0. The third-order valence-electron chi connectivity index (χ3n) is 3.74. The molecule has 9 heteroatoms. The van der Waals surface area contributed by atoms with Gasteiger partial charge in [-0.15, -0.1) is 10.2 Å². The Bertz CT molecular complexity index is 962. The van der Waals surface area contributed by atoms with Crippen LogP contribution in [0.25, 0.3) is 11.4 Å². The number of hydrogen-bond acceptors (Lipinski definition) is 5. The number of halogens is 2. The largest absolute Gasteiger partial charge is 0.323 e. The number of hydrogen-bond donors (Lipinski definition) is 1. The van der Waals surface area contributed by atoms with Crippen LogP contribution in [-0.2, 0) is 11.3 Å². The molecule has 0 spiro atoms. The second-order valence-corrected chi connectivity index (χ2v) is 7.45. The molecule has 0 saturated heterocycles. The molecule has 0 aliphatic rings. The van der Waals surface area contributed by atoms with Crippen LogP contribution >= 0.6 is 11.8 Å². The van der Waals surface area contributed by atoms with Gasteiger partial charge < -0.3 is 9.88 Å². The van der Waals surface area contributed by atoms with Gasteiger partial charge >= 0.3 is 0 Å². The fourth-order valence-electron chi connectivity index (χ4n) is 2.55. The zero-order valence-electron chi connectivity index (χ0n) is 15.4. The van der Waals surface area contributed by atoms with E-state index in [-0.39, 0.29) is 11.4 Å². The van der Waals surface area contributed by atoms with Crippen molar-refractivity contribution in [3.8, 4) is 11.4 Å². The summed E-state index contributed by atoms with van der Waals surface area (Å²) in [5.41, 5.74) is 0.820. The van der Waals surface area contributed by atoms with E-state index in [1.54, 1.807) is 12.4 Å². The van der Waals surface area contributed by atoms with Crippen LogP contribution in [0.3, 0.4) is 0 Å². The molecule has 1 N–H and O–H groups in total. The van der Waals surface area contributed by atoms with Crippen LogP contribution in [0.2, 0.25) is 0 Å². The van der Waals surface area contributed by atoms with Crippen LogP contribution in [0.15, 0.2) is 47.9 Å². The molecule has 1 amide bonds. The van der Waals surface area contributed by atoms with E-state index in [1.165, 1.54) is 17.8 Å². The molecule has 0 unspecified atom stereocenters. The molecule has 0 saturated carbocycles. The van der Waals surface area contributed by atoms with Crippen LogP contribution < -0.4 is 5.32 Å². The van der Waals surface area contributed by atoms with E-state index < -0.39 is 17.5 Å². The highest BCUT2D eigenvalue weighted by molar-refractivity contribution is 7.99. The van der Waals surface area contributed by atoms with E-state index in [1.807, 2.05) is 16.7 Å². The van der Waals surface area contributed by atoms with Gasteiger partial charge in [-0.25, -0.2) is 8.78 Å². The van der Waals surface area contributed by atoms with Gasteiger partial charge in [0.1, 0.15) is 11.6 Å². The van der Waals surface area contributed by atoms with E-state index in [2.05, 4.69) is 34.3 Å². The topological polar surface area (TPSA) is 72.7 Å². The van der Waals surface area contributed by atoms with Gasteiger partial charge in [-0.1, -0.05) is 25.6 Å². The van der Waals surface area contributed by atoms with E-state index in [9.17, 15) is 13.6 Å². The van der Waals surface area contributed by atoms with Crippen molar-refractivity contribution in [3.05, 3.63) is 54.4 Å². The molecule has 0 fully saturated rings. The fourth-order valence-corrected chi connectivity index (χ4v) is 3.29. The van der Waals surface area contributed by atoms with E-state index in [0.717, 1.165) is 17.7 Å². The number of carbonyl (C=O) groups excluding carboxylic acids is 1. The highest BCUT2D eigenvalue weighted by Gasteiger charge is 2.17. The summed E-state index contributed by atoms with van der Waals surface area (Å²) in [6.07, 6.45) is 3.36. The number of pyridine rings is 1. The molecule has 0 bridgehead atoms. The molecular formula is C19H19F2N5OS. The van der Waals surface area contributed by atoms with Gasteiger partial charge in [-0.05, 0) is 30.2 Å². The first-order valence-electron chi connectivity index (χ1n) is 8.65. The minimum atomic E-state index is -0.818. The first-order chi connectivity index (χ1) is 13.4. The van der Waals surface area contributed by atoms with Crippen LogP contribution in [0.4, 0.5) is 14.5 Å². The number of anilines is 1. The maximum absolute atomic E-state index is 13.7. The zero-order valence-corrected chi connectivity index (χ0v) is 16.2. The van der Waals surface area contributed by atoms with Crippen LogP contribution in [-0.4, -0.2) is 31.4 Å². The lowest BCUT2D eigenvalue weighted by Crippen LogP contribution is -2.16. The van der Waals surface area contributed by atoms with E-state index >= 15 is 0 Å². The Morgan fingerprint density at radius 2 is 1.93 bits per heavy atom.